The summed E-state index contributed by atoms with van der Waals surface area (Å²) >= 11 is 0. The number of ether oxygens (including phenoxy) is 1. The highest BCUT2D eigenvalue weighted by Gasteiger charge is 2.12. The van der Waals surface area contributed by atoms with Gasteiger partial charge in [-0.15, -0.1) is 0 Å². The zero-order chi connectivity index (χ0) is 19.2. The van der Waals surface area contributed by atoms with Crippen molar-refractivity contribution in [2.45, 2.75) is 20.5 Å². The molecule has 1 amide bonds. The number of rotatable bonds is 6. The first-order valence-corrected chi connectivity index (χ1v) is 8.55. The zero-order valence-electron chi connectivity index (χ0n) is 15.2. The van der Waals surface area contributed by atoms with E-state index >= 15 is 0 Å². The Morgan fingerprint density at radius 3 is 2.56 bits per heavy atom. The van der Waals surface area contributed by atoms with Crippen molar-refractivity contribution in [2.75, 3.05) is 6.54 Å². The van der Waals surface area contributed by atoms with Gasteiger partial charge in [-0.25, -0.2) is 0 Å². The molecule has 3 aromatic rings. The fourth-order valence-electron chi connectivity index (χ4n) is 2.46. The van der Waals surface area contributed by atoms with Gasteiger partial charge in [-0.3, -0.25) is 9.59 Å². The lowest BCUT2D eigenvalue weighted by Crippen LogP contribution is -2.30. The van der Waals surface area contributed by atoms with Gasteiger partial charge >= 0.3 is 5.97 Å². The average Bonchev–Trinajstić information content (AvgIpc) is 3.16. The van der Waals surface area contributed by atoms with Crippen molar-refractivity contribution in [1.82, 2.24) is 10.5 Å². The predicted octanol–water partition coefficient (Wildman–Crippen LogP) is 3.43. The molecular formula is C21H20N2O4. The smallest absolute Gasteiger partial charge is 0.325 e. The highest BCUT2D eigenvalue weighted by atomic mass is 16.5. The largest absolute Gasteiger partial charge is 0.458 e. The first kappa shape index (κ1) is 18.4. The van der Waals surface area contributed by atoms with Crippen LogP contribution in [0, 0.1) is 13.8 Å². The molecule has 6 heteroatoms. The van der Waals surface area contributed by atoms with Gasteiger partial charge in [0.1, 0.15) is 18.8 Å². The van der Waals surface area contributed by atoms with E-state index < -0.39 is 5.97 Å². The van der Waals surface area contributed by atoms with Crippen LogP contribution in [0.25, 0.3) is 11.3 Å². The number of nitrogens with one attached hydrogen (secondary N) is 1. The maximum atomic E-state index is 12.1. The van der Waals surface area contributed by atoms with Crippen LogP contribution in [-0.2, 0) is 16.1 Å². The van der Waals surface area contributed by atoms with Crippen molar-refractivity contribution in [3.8, 4) is 11.3 Å². The van der Waals surface area contributed by atoms with Crippen molar-refractivity contribution in [3.63, 3.8) is 0 Å². The third kappa shape index (κ3) is 4.82. The normalized spacial score (nSPS) is 10.4. The highest BCUT2D eigenvalue weighted by molar-refractivity contribution is 5.96. The fraction of sp³-hybridized carbons (Fsp3) is 0.190. The lowest BCUT2D eigenvalue weighted by molar-refractivity contribution is -0.143. The van der Waals surface area contributed by atoms with Crippen molar-refractivity contribution < 1.29 is 18.8 Å². The first-order chi connectivity index (χ1) is 13.0. The lowest BCUT2D eigenvalue weighted by Gasteiger charge is -2.07. The SMILES string of the molecule is Cc1ccc(C(=O)NCC(=O)OCc2cc(-c3ccccc3)on2)cc1C. The molecule has 0 aliphatic rings. The number of aromatic nitrogens is 1. The third-order valence-electron chi connectivity index (χ3n) is 4.16. The van der Waals surface area contributed by atoms with Gasteiger partial charge in [0.05, 0.1) is 0 Å². The van der Waals surface area contributed by atoms with E-state index in [1.807, 2.05) is 50.2 Å². The van der Waals surface area contributed by atoms with Crippen LogP contribution in [0.4, 0.5) is 0 Å². The van der Waals surface area contributed by atoms with Gasteiger partial charge in [0, 0.05) is 17.2 Å². The maximum absolute atomic E-state index is 12.1. The molecule has 0 radical (unpaired) electrons. The zero-order valence-corrected chi connectivity index (χ0v) is 15.2. The Kier molecular flexibility index (Phi) is 5.66. The minimum atomic E-state index is -0.545. The van der Waals surface area contributed by atoms with E-state index in [2.05, 4.69) is 10.5 Å². The Balaban J connectivity index is 1.48. The molecule has 0 unspecified atom stereocenters. The topological polar surface area (TPSA) is 81.4 Å². The van der Waals surface area contributed by atoms with Crippen molar-refractivity contribution in [2.24, 2.45) is 0 Å². The van der Waals surface area contributed by atoms with Crippen molar-refractivity contribution >= 4 is 11.9 Å². The lowest BCUT2D eigenvalue weighted by atomic mass is 10.1. The molecule has 0 spiro atoms. The van der Waals surface area contributed by atoms with E-state index in [1.165, 1.54) is 0 Å². The fourth-order valence-corrected chi connectivity index (χ4v) is 2.46. The summed E-state index contributed by atoms with van der Waals surface area (Å²) < 4.78 is 10.4. The van der Waals surface area contributed by atoms with Crippen molar-refractivity contribution in [1.29, 1.82) is 0 Å². The molecule has 138 valence electrons. The summed E-state index contributed by atoms with van der Waals surface area (Å²) in [4.78, 5) is 24.0. The summed E-state index contributed by atoms with van der Waals surface area (Å²) in [7, 11) is 0. The minimum Gasteiger partial charge on any atom is -0.458 e. The number of aryl methyl sites for hydroxylation is 2. The van der Waals surface area contributed by atoms with Gasteiger partial charge in [0.25, 0.3) is 5.91 Å². The number of nitrogens with zero attached hydrogens (tertiary/aromatic N) is 1. The average molecular weight is 364 g/mol. The molecule has 1 heterocycles. The van der Waals surface area contributed by atoms with Gasteiger partial charge in [-0.2, -0.15) is 0 Å². The highest BCUT2D eigenvalue weighted by Crippen LogP contribution is 2.19. The number of carbonyl (C=O) groups is 2. The van der Waals surface area contributed by atoms with Crippen LogP contribution in [-0.4, -0.2) is 23.6 Å². The van der Waals surface area contributed by atoms with Crippen LogP contribution in [0.5, 0.6) is 0 Å². The Labute approximate surface area is 157 Å². The van der Waals surface area contributed by atoms with E-state index in [9.17, 15) is 9.59 Å². The van der Waals surface area contributed by atoms with Crippen LogP contribution >= 0.6 is 0 Å². The number of carbonyl (C=O) groups excluding carboxylic acids is 2. The molecule has 0 bridgehead atoms. The van der Waals surface area contributed by atoms with E-state index in [0.717, 1.165) is 16.7 Å². The molecule has 0 fully saturated rings. The van der Waals surface area contributed by atoms with Gasteiger partial charge in [-0.05, 0) is 37.1 Å². The molecule has 0 aliphatic heterocycles. The number of hydrogen-bond donors (Lipinski definition) is 1. The quantitative estimate of drug-likeness (QED) is 0.678. The molecule has 1 N–H and O–H groups in total. The van der Waals surface area contributed by atoms with Crippen LogP contribution in [0.2, 0.25) is 0 Å². The van der Waals surface area contributed by atoms with Crippen molar-refractivity contribution in [3.05, 3.63) is 77.0 Å². The standard InChI is InChI=1S/C21H20N2O4/c1-14-8-9-17(10-15(14)2)21(25)22-12-20(24)26-13-18-11-19(27-23-18)16-6-4-3-5-7-16/h3-11H,12-13H2,1-2H3,(H,22,25). The van der Waals surface area contributed by atoms with E-state index in [4.69, 9.17) is 9.26 Å². The Morgan fingerprint density at radius 2 is 1.81 bits per heavy atom. The molecule has 0 saturated carbocycles. The Bertz CT molecular complexity index is 948. The van der Waals surface area contributed by atoms with Gasteiger partial charge in [-0.1, -0.05) is 41.6 Å². The van der Waals surface area contributed by atoms with Crippen LogP contribution in [0.1, 0.15) is 27.2 Å². The molecular weight excluding hydrogens is 344 g/mol. The molecule has 0 aliphatic carbocycles. The molecule has 1 aromatic heterocycles. The number of amides is 1. The summed E-state index contributed by atoms with van der Waals surface area (Å²) in [6, 6.07) is 16.6. The summed E-state index contributed by atoms with van der Waals surface area (Å²) in [5.74, 6) is -0.260. The summed E-state index contributed by atoms with van der Waals surface area (Å²) in [6.07, 6.45) is 0. The third-order valence-corrected chi connectivity index (χ3v) is 4.16. The minimum absolute atomic E-state index is 0.0192. The van der Waals surface area contributed by atoms with Crippen LogP contribution in [0.15, 0.2) is 59.1 Å². The summed E-state index contributed by atoms with van der Waals surface area (Å²) in [5, 5.41) is 6.44. The molecule has 0 saturated heterocycles. The molecule has 6 nitrogen and oxygen atoms in total. The molecule has 27 heavy (non-hydrogen) atoms. The summed E-state index contributed by atoms with van der Waals surface area (Å²) in [5.41, 5.74) is 4.03. The second kappa shape index (κ2) is 8.31. The van der Waals surface area contributed by atoms with E-state index in [-0.39, 0.29) is 19.1 Å². The Morgan fingerprint density at radius 1 is 1.04 bits per heavy atom. The Hall–Kier alpha value is -3.41. The van der Waals surface area contributed by atoms with E-state index in [1.54, 1.807) is 18.2 Å². The van der Waals surface area contributed by atoms with Crippen LogP contribution in [0.3, 0.4) is 0 Å². The van der Waals surface area contributed by atoms with Gasteiger partial charge < -0.3 is 14.6 Å². The van der Waals surface area contributed by atoms with E-state index in [0.29, 0.717) is 17.0 Å². The van der Waals surface area contributed by atoms with Gasteiger partial charge in [0.2, 0.25) is 0 Å². The molecule has 2 aromatic carbocycles. The predicted molar refractivity (Wildman–Crippen MR) is 100.0 cm³/mol. The molecule has 3 rings (SSSR count). The number of esters is 1. The summed E-state index contributed by atoms with van der Waals surface area (Å²) in [6.45, 7) is 3.67. The number of hydrogen-bond acceptors (Lipinski definition) is 5. The monoisotopic (exact) mass is 364 g/mol. The molecule has 0 atom stereocenters. The van der Waals surface area contributed by atoms with Crippen LogP contribution < -0.4 is 5.32 Å². The second-order valence-corrected chi connectivity index (χ2v) is 6.19. The van der Waals surface area contributed by atoms with Gasteiger partial charge in [0.15, 0.2) is 5.76 Å². The second-order valence-electron chi connectivity index (χ2n) is 6.19. The number of benzene rings is 2. The first-order valence-electron chi connectivity index (χ1n) is 8.55. The maximum Gasteiger partial charge on any atom is 0.325 e.